The van der Waals surface area contributed by atoms with Crippen LogP contribution in [0.1, 0.15) is 33.2 Å². The number of Topliss-reactive ketones (excluding diaryl/α,β-unsaturated/α-hetero) is 1. The zero-order valence-corrected chi connectivity index (χ0v) is 9.83. The Kier molecular flexibility index (Phi) is 2.67. The molecule has 2 rings (SSSR count). The number of esters is 1. The molecule has 0 unspecified atom stereocenters. The van der Waals surface area contributed by atoms with Gasteiger partial charge in [-0.15, -0.1) is 0 Å². The van der Waals surface area contributed by atoms with E-state index in [4.69, 9.17) is 0 Å². The lowest BCUT2D eigenvalue weighted by Gasteiger charge is -2.05. The standard InChI is InChI=1S/C12H12N2O3/c1-6-8(12(16)17-3)4-13-11-10(6)9(5-14-11)7(2)15/h4-5H,1-3H3,(H,13,14). The highest BCUT2D eigenvalue weighted by Gasteiger charge is 2.17. The van der Waals surface area contributed by atoms with E-state index in [9.17, 15) is 9.59 Å². The minimum atomic E-state index is -0.451. The third-order valence-corrected chi connectivity index (χ3v) is 2.75. The van der Waals surface area contributed by atoms with Crippen molar-refractivity contribution >= 4 is 22.8 Å². The zero-order chi connectivity index (χ0) is 12.6. The number of carbonyl (C=O) groups excluding carboxylic acids is 2. The Morgan fingerprint density at radius 3 is 2.65 bits per heavy atom. The quantitative estimate of drug-likeness (QED) is 0.633. The molecule has 2 aromatic heterocycles. The van der Waals surface area contributed by atoms with Crippen molar-refractivity contribution in [1.82, 2.24) is 9.97 Å². The summed E-state index contributed by atoms with van der Waals surface area (Å²) < 4.78 is 4.67. The lowest BCUT2D eigenvalue weighted by atomic mass is 10.0. The molecule has 0 fully saturated rings. The molecule has 0 aliphatic carbocycles. The Morgan fingerprint density at radius 1 is 1.35 bits per heavy atom. The Bertz CT molecular complexity index is 613. The normalized spacial score (nSPS) is 10.5. The number of aromatic amines is 1. The van der Waals surface area contributed by atoms with Gasteiger partial charge >= 0.3 is 5.97 Å². The highest BCUT2D eigenvalue weighted by atomic mass is 16.5. The van der Waals surface area contributed by atoms with Crippen LogP contribution in [-0.4, -0.2) is 28.8 Å². The first kappa shape index (κ1) is 11.3. The van der Waals surface area contributed by atoms with E-state index in [2.05, 4.69) is 14.7 Å². The summed E-state index contributed by atoms with van der Waals surface area (Å²) in [7, 11) is 1.31. The topological polar surface area (TPSA) is 72.0 Å². The van der Waals surface area contributed by atoms with Gasteiger partial charge in [0, 0.05) is 23.3 Å². The van der Waals surface area contributed by atoms with Crippen LogP contribution in [0.5, 0.6) is 0 Å². The van der Waals surface area contributed by atoms with Crippen LogP contribution in [0.25, 0.3) is 11.0 Å². The van der Waals surface area contributed by atoms with E-state index in [-0.39, 0.29) is 5.78 Å². The minimum Gasteiger partial charge on any atom is -0.465 e. The molecule has 2 heterocycles. The summed E-state index contributed by atoms with van der Waals surface area (Å²) in [5.41, 5.74) is 2.21. The second kappa shape index (κ2) is 4.01. The number of carbonyl (C=O) groups is 2. The molecular weight excluding hydrogens is 220 g/mol. The lowest BCUT2D eigenvalue weighted by Crippen LogP contribution is -2.05. The van der Waals surface area contributed by atoms with Gasteiger partial charge in [-0.2, -0.15) is 0 Å². The number of rotatable bonds is 2. The average molecular weight is 232 g/mol. The van der Waals surface area contributed by atoms with Crippen LogP contribution < -0.4 is 0 Å². The number of nitrogens with one attached hydrogen (secondary N) is 1. The molecule has 0 atom stereocenters. The summed E-state index contributed by atoms with van der Waals surface area (Å²) in [6, 6.07) is 0. The highest BCUT2D eigenvalue weighted by molar-refractivity contribution is 6.09. The number of hydrogen-bond acceptors (Lipinski definition) is 4. The van der Waals surface area contributed by atoms with E-state index in [1.165, 1.54) is 20.2 Å². The van der Waals surface area contributed by atoms with Gasteiger partial charge in [-0.25, -0.2) is 9.78 Å². The predicted octanol–water partition coefficient (Wildman–Crippen LogP) is 1.86. The molecule has 17 heavy (non-hydrogen) atoms. The summed E-state index contributed by atoms with van der Waals surface area (Å²) in [4.78, 5) is 30.0. The van der Waals surface area contributed by atoms with Gasteiger partial charge < -0.3 is 9.72 Å². The van der Waals surface area contributed by atoms with Crippen molar-refractivity contribution in [3.05, 3.63) is 29.1 Å². The number of pyridine rings is 1. The zero-order valence-electron chi connectivity index (χ0n) is 9.83. The molecular formula is C12H12N2O3. The van der Waals surface area contributed by atoms with Gasteiger partial charge in [0.2, 0.25) is 0 Å². The summed E-state index contributed by atoms with van der Waals surface area (Å²) in [6.07, 6.45) is 3.05. The van der Waals surface area contributed by atoms with Crippen molar-refractivity contribution in [3.8, 4) is 0 Å². The van der Waals surface area contributed by atoms with Crippen LogP contribution >= 0.6 is 0 Å². The fourth-order valence-electron chi connectivity index (χ4n) is 1.85. The SMILES string of the molecule is COC(=O)c1cnc2[nH]cc(C(C)=O)c2c1C. The molecule has 0 spiro atoms. The molecule has 2 aromatic rings. The Balaban J connectivity index is 2.77. The highest BCUT2D eigenvalue weighted by Crippen LogP contribution is 2.24. The lowest BCUT2D eigenvalue weighted by molar-refractivity contribution is 0.0599. The molecule has 0 amide bonds. The van der Waals surface area contributed by atoms with Crippen LogP contribution in [0.4, 0.5) is 0 Å². The number of ketones is 1. The number of methoxy groups -OCH3 is 1. The number of aryl methyl sites for hydroxylation is 1. The van der Waals surface area contributed by atoms with Crippen molar-refractivity contribution in [2.45, 2.75) is 13.8 Å². The van der Waals surface area contributed by atoms with Crippen molar-refractivity contribution in [2.24, 2.45) is 0 Å². The molecule has 0 aliphatic heterocycles. The molecule has 5 heteroatoms. The second-order valence-corrected chi connectivity index (χ2v) is 3.77. The Labute approximate surface area is 97.8 Å². The number of H-pyrrole nitrogens is 1. The number of nitrogens with zero attached hydrogens (tertiary/aromatic N) is 1. The smallest absolute Gasteiger partial charge is 0.339 e. The van der Waals surface area contributed by atoms with Gasteiger partial charge in [-0.3, -0.25) is 4.79 Å². The van der Waals surface area contributed by atoms with Crippen LogP contribution in [0, 0.1) is 6.92 Å². The van der Waals surface area contributed by atoms with Crippen molar-refractivity contribution in [2.75, 3.05) is 7.11 Å². The van der Waals surface area contributed by atoms with E-state index in [1.54, 1.807) is 13.1 Å². The summed E-state index contributed by atoms with van der Waals surface area (Å²) >= 11 is 0. The maximum Gasteiger partial charge on any atom is 0.339 e. The van der Waals surface area contributed by atoms with Gasteiger partial charge in [0.05, 0.1) is 12.7 Å². The minimum absolute atomic E-state index is 0.0665. The van der Waals surface area contributed by atoms with Gasteiger partial charge in [0.25, 0.3) is 0 Å². The summed E-state index contributed by atoms with van der Waals surface area (Å²) in [5, 5.41) is 0.681. The van der Waals surface area contributed by atoms with Gasteiger partial charge in [0.15, 0.2) is 5.78 Å². The van der Waals surface area contributed by atoms with Crippen LogP contribution in [0.15, 0.2) is 12.4 Å². The molecule has 0 radical (unpaired) electrons. The average Bonchev–Trinajstić information content (AvgIpc) is 2.73. The maximum atomic E-state index is 11.5. The van der Waals surface area contributed by atoms with E-state index in [0.29, 0.717) is 27.7 Å². The van der Waals surface area contributed by atoms with Crippen molar-refractivity contribution in [3.63, 3.8) is 0 Å². The molecule has 88 valence electrons. The van der Waals surface area contributed by atoms with E-state index in [1.807, 2.05) is 0 Å². The first-order valence-electron chi connectivity index (χ1n) is 5.12. The molecule has 1 N–H and O–H groups in total. The number of ether oxygens (including phenoxy) is 1. The first-order chi connectivity index (χ1) is 8.06. The molecule has 0 saturated carbocycles. The van der Waals surface area contributed by atoms with Gasteiger partial charge in [0.1, 0.15) is 5.65 Å². The van der Waals surface area contributed by atoms with Crippen LogP contribution in [0.3, 0.4) is 0 Å². The Morgan fingerprint density at radius 2 is 2.06 bits per heavy atom. The van der Waals surface area contributed by atoms with Crippen LogP contribution in [-0.2, 0) is 4.74 Å². The largest absolute Gasteiger partial charge is 0.465 e. The molecule has 0 aromatic carbocycles. The maximum absolute atomic E-state index is 11.5. The van der Waals surface area contributed by atoms with Crippen molar-refractivity contribution in [1.29, 1.82) is 0 Å². The fraction of sp³-hybridized carbons (Fsp3) is 0.250. The molecule has 0 aliphatic rings. The molecule has 0 saturated heterocycles. The summed E-state index contributed by atoms with van der Waals surface area (Å²) in [5.74, 6) is -0.518. The third kappa shape index (κ3) is 1.69. The third-order valence-electron chi connectivity index (χ3n) is 2.75. The van der Waals surface area contributed by atoms with E-state index in [0.717, 1.165) is 0 Å². The number of fused-ring (bicyclic) bond motifs is 1. The fourth-order valence-corrected chi connectivity index (χ4v) is 1.85. The number of hydrogen-bond donors (Lipinski definition) is 1. The predicted molar refractivity (Wildman–Crippen MR) is 62.2 cm³/mol. The van der Waals surface area contributed by atoms with E-state index < -0.39 is 5.97 Å². The van der Waals surface area contributed by atoms with Crippen molar-refractivity contribution < 1.29 is 14.3 Å². The van der Waals surface area contributed by atoms with Gasteiger partial charge in [-0.05, 0) is 19.4 Å². The van der Waals surface area contributed by atoms with Crippen LogP contribution in [0.2, 0.25) is 0 Å². The summed E-state index contributed by atoms with van der Waals surface area (Å²) in [6.45, 7) is 3.25. The molecule has 5 nitrogen and oxygen atoms in total. The monoisotopic (exact) mass is 232 g/mol. The van der Waals surface area contributed by atoms with Gasteiger partial charge in [-0.1, -0.05) is 0 Å². The first-order valence-corrected chi connectivity index (χ1v) is 5.12. The van der Waals surface area contributed by atoms with E-state index >= 15 is 0 Å². The number of aromatic nitrogens is 2. The Hall–Kier alpha value is -2.17. The second-order valence-electron chi connectivity index (χ2n) is 3.77. The molecule has 0 bridgehead atoms.